The van der Waals surface area contributed by atoms with Gasteiger partial charge in [-0.15, -0.1) is 0 Å². The standard InChI is InChI=1S/C22H28N2.C7H8N2O2/c1-23-14-12-19(13-15-23)18-6-9-21(10-7-18)24(2)22-11-8-17-4-3-5-20(17)16-22;1-8-6-4-9-3-2-5(6)7(10)11/h6-11,16,19H,3-5,12-15H2,1-2H3;2-4,8H,1H3,(H,10,11). The van der Waals surface area contributed by atoms with E-state index < -0.39 is 5.97 Å². The second-order valence-electron chi connectivity index (χ2n) is 9.51. The first-order valence-corrected chi connectivity index (χ1v) is 12.5. The van der Waals surface area contributed by atoms with E-state index in [0.29, 0.717) is 5.69 Å². The molecule has 184 valence electrons. The summed E-state index contributed by atoms with van der Waals surface area (Å²) in [6.45, 7) is 2.45. The van der Waals surface area contributed by atoms with Gasteiger partial charge in [0.05, 0.1) is 17.4 Å². The minimum atomic E-state index is -0.947. The van der Waals surface area contributed by atoms with Crippen molar-refractivity contribution in [1.82, 2.24) is 9.88 Å². The highest BCUT2D eigenvalue weighted by molar-refractivity contribution is 5.93. The smallest absolute Gasteiger partial charge is 0.337 e. The molecule has 0 saturated carbocycles. The van der Waals surface area contributed by atoms with Crippen molar-refractivity contribution in [3.8, 4) is 0 Å². The molecule has 1 aliphatic carbocycles. The van der Waals surface area contributed by atoms with Crippen LogP contribution in [-0.2, 0) is 12.8 Å². The fourth-order valence-corrected chi connectivity index (χ4v) is 5.01. The third kappa shape index (κ3) is 6.01. The van der Waals surface area contributed by atoms with Crippen molar-refractivity contribution >= 4 is 23.0 Å². The number of nitrogens with one attached hydrogen (secondary N) is 1. The predicted molar refractivity (Wildman–Crippen MR) is 143 cm³/mol. The zero-order valence-corrected chi connectivity index (χ0v) is 21.0. The highest BCUT2D eigenvalue weighted by atomic mass is 16.4. The van der Waals surface area contributed by atoms with Crippen LogP contribution >= 0.6 is 0 Å². The van der Waals surface area contributed by atoms with Crippen molar-refractivity contribution in [3.05, 3.63) is 83.2 Å². The molecule has 6 heteroatoms. The van der Waals surface area contributed by atoms with Gasteiger partial charge >= 0.3 is 5.97 Å². The average Bonchev–Trinajstić information content (AvgIpc) is 3.37. The van der Waals surface area contributed by atoms with Gasteiger partial charge in [0.2, 0.25) is 0 Å². The molecular formula is C29H36N4O2. The number of likely N-dealkylation sites (tertiary alicyclic amines) is 1. The number of benzene rings is 2. The fourth-order valence-electron chi connectivity index (χ4n) is 5.01. The molecule has 5 rings (SSSR count). The maximum absolute atomic E-state index is 10.5. The number of carbonyl (C=O) groups is 1. The van der Waals surface area contributed by atoms with Crippen LogP contribution in [0, 0.1) is 0 Å². The number of pyridine rings is 1. The summed E-state index contributed by atoms with van der Waals surface area (Å²) in [6.07, 6.45) is 9.31. The molecule has 2 aromatic carbocycles. The third-order valence-electron chi connectivity index (χ3n) is 7.26. The molecule has 35 heavy (non-hydrogen) atoms. The molecular weight excluding hydrogens is 436 g/mol. The first-order chi connectivity index (χ1) is 17.0. The third-order valence-corrected chi connectivity index (χ3v) is 7.26. The molecule has 1 aliphatic heterocycles. The van der Waals surface area contributed by atoms with Crippen LogP contribution in [0.1, 0.15) is 52.2 Å². The van der Waals surface area contributed by atoms with Gasteiger partial charge in [0.15, 0.2) is 0 Å². The molecule has 1 saturated heterocycles. The summed E-state index contributed by atoms with van der Waals surface area (Å²) in [4.78, 5) is 19.0. The van der Waals surface area contributed by atoms with Gasteiger partial charge in [-0.3, -0.25) is 4.98 Å². The number of aromatic nitrogens is 1. The highest BCUT2D eigenvalue weighted by Gasteiger charge is 2.18. The second kappa shape index (κ2) is 11.4. The molecule has 2 N–H and O–H groups in total. The number of carboxylic acids is 1. The van der Waals surface area contributed by atoms with Crippen molar-refractivity contribution in [3.63, 3.8) is 0 Å². The number of aryl methyl sites for hydroxylation is 2. The first-order valence-electron chi connectivity index (χ1n) is 12.5. The Morgan fingerprint density at radius 3 is 2.37 bits per heavy atom. The molecule has 2 aliphatic rings. The van der Waals surface area contributed by atoms with Crippen LogP contribution < -0.4 is 10.2 Å². The van der Waals surface area contributed by atoms with E-state index in [1.807, 2.05) is 0 Å². The van der Waals surface area contributed by atoms with Crippen molar-refractivity contribution in [2.45, 2.75) is 38.0 Å². The molecule has 6 nitrogen and oxygen atoms in total. The number of rotatable bonds is 5. The lowest BCUT2D eigenvalue weighted by atomic mass is 9.89. The number of hydrogen-bond acceptors (Lipinski definition) is 5. The summed E-state index contributed by atoms with van der Waals surface area (Å²) in [5, 5.41) is 11.4. The lowest BCUT2D eigenvalue weighted by Crippen LogP contribution is -2.29. The van der Waals surface area contributed by atoms with Crippen molar-refractivity contribution in [1.29, 1.82) is 0 Å². The van der Waals surface area contributed by atoms with Gasteiger partial charge in [-0.2, -0.15) is 0 Å². The van der Waals surface area contributed by atoms with E-state index in [4.69, 9.17) is 5.11 Å². The molecule has 0 atom stereocenters. The minimum absolute atomic E-state index is 0.238. The highest BCUT2D eigenvalue weighted by Crippen LogP contribution is 2.32. The summed E-state index contributed by atoms with van der Waals surface area (Å²) < 4.78 is 0. The maximum Gasteiger partial charge on any atom is 0.337 e. The number of fused-ring (bicyclic) bond motifs is 1. The Morgan fingerprint density at radius 2 is 1.71 bits per heavy atom. The fraction of sp³-hybridized carbons (Fsp3) is 0.379. The summed E-state index contributed by atoms with van der Waals surface area (Å²) in [6, 6.07) is 17.7. The van der Waals surface area contributed by atoms with Crippen LogP contribution in [0.4, 0.5) is 17.1 Å². The molecule has 1 fully saturated rings. The van der Waals surface area contributed by atoms with Crippen LogP contribution in [0.2, 0.25) is 0 Å². The molecule has 3 aromatic rings. The van der Waals surface area contributed by atoms with Crippen LogP contribution in [-0.4, -0.2) is 55.2 Å². The Kier molecular flexibility index (Phi) is 8.03. The number of carboxylic acid groups (broad SMARTS) is 1. The number of aromatic carboxylic acids is 1. The van der Waals surface area contributed by atoms with Crippen molar-refractivity contribution < 1.29 is 9.90 Å². The zero-order chi connectivity index (χ0) is 24.8. The normalized spacial score (nSPS) is 15.6. The van der Waals surface area contributed by atoms with E-state index in [-0.39, 0.29) is 5.56 Å². The lowest BCUT2D eigenvalue weighted by Gasteiger charge is -2.29. The lowest BCUT2D eigenvalue weighted by molar-refractivity contribution is 0.0698. The maximum atomic E-state index is 10.5. The zero-order valence-electron chi connectivity index (χ0n) is 21.0. The van der Waals surface area contributed by atoms with E-state index in [9.17, 15) is 4.79 Å². The van der Waals surface area contributed by atoms with Gasteiger partial charge in [0.25, 0.3) is 0 Å². The Hall–Kier alpha value is -3.38. The molecule has 0 bridgehead atoms. The topological polar surface area (TPSA) is 68.7 Å². The van der Waals surface area contributed by atoms with E-state index in [1.165, 1.54) is 80.6 Å². The number of nitrogens with zero attached hydrogens (tertiary/aromatic N) is 3. The Labute approximate surface area is 208 Å². The molecule has 2 heterocycles. The van der Waals surface area contributed by atoms with E-state index in [1.54, 1.807) is 18.2 Å². The molecule has 0 spiro atoms. The second-order valence-corrected chi connectivity index (χ2v) is 9.51. The molecule has 0 unspecified atom stereocenters. The minimum Gasteiger partial charge on any atom is -0.478 e. The summed E-state index contributed by atoms with van der Waals surface area (Å²) in [5.74, 6) is -0.211. The van der Waals surface area contributed by atoms with Gasteiger partial charge in [-0.25, -0.2) is 4.79 Å². The van der Waals surface area contributed by atoms with Gasteiger partial charge < -0.3 is 20.2 Å². The van der Waals surface area contributed by atoms with E-state index >= 15 is 0 Å². The number of anilines is 3. The van der Waals surface area contributed by atoms with E-state index in [2.05, 4.69) is 76.7 Å². The molecule has 0 radical (unpaired) electrons. The van der Waals surface area contributed by atoms with E-state index in [0.717, 1.165) is 5.92 Å². The Morgan fingerprint density at radius 1 is 1.03 bits per heavy atom. The molecule has 1 aromatic heterocycles. The van der Waals surface area contributed by atoms with Crippen LogP contribution in [0.25, 0.3) is 0 Å². The number of hydrogen-bond donors (Lipinski definition) is 2. The van der Waals surface area contributed by atoms with Crippen LogP contribution in [0.15, 0.2) is 60.9 Å². The summed E-state index contributed by atoms with van der Waals surface area (Å²) in [5.41, 5.74) is 7.95. The summed E-state index contributed by atoms with van der Waals surface area (Å²) >= 11 is 0. The molecule has 0 amide bonds. The van der Waals surface area contributed by atoms with Gasteiger partial charge in [0, 0.05) is 31.7 Å². The Bertz CT molecular complexity index is 1140. The van der Waals surface area contributed by atoms with Crippen molar-refractivity contribution in [2.24, 2.45) is 0 Å². The predicted octanol–water partition coefficient (Wildman–Crippen LogP) is 5.57. The quantitative estimate of drug-likeness (QED) is 0.506. The largest absolute Gasteiger partial charge is 0.478 e. The summed E-state index contributed by atoms with van der Waals surface area (Å²) in [7, 11) is 6.07. The first kappa shape index (κ1) is 24.7. The monoisotopic (exact) mass is 472 g/mol. The van der Waals surface area contributed by atoms with Gasteiger partial charge in [-0.05, 0) is 105 Å². The van der Waals surface area contributed by atoms with Crippen LogP contribution in [0.3, 0.4) is 0 Å². The Balaban J connectivity index is 0.000000221. The number of piperidine rings is 1. The van der Waals surface area contributed by atoms with Gasteiger partial charge in [-0.1, -0.05) is 18.2 Å². The average molecular weight is 473 g/mol. The SMILES string of the molecule is CN1CCC(c2ccc(N(C)c3ccc4c(c3)CCC4)cc2)CC1.CNc1cnccc1C(=O)O. The van der Waals surface area contributed by atoms with Crippen LogP contribution in [0.5, 0.6) is 0 Å². The van der Waals surface area contributed by atoms with Crippen molar-refractivity contribution in [2.75, 3.05) is 44.4 Å². The van der Waals surface area contributed by atoms with Gasteiger partial charge in [0.1, 0.15) is 0 Å².